The van der Waals surface area contributed by atoms with Crippen LogP contribution in [0.25, 0.3) is 5.69 Å². The molecule has 4 rings (SSSR count). The van der Waals surface area contributed by atoms with E-state index < -0.39 is 0 Å². The third-order valence-electron chi connectivity index (χ3n) is 4.92. The van der Waals surface area contributed by atoms with Gasteiger partial charge >= 0.3 is 0 Å². The fraction of sp³-hybridized carbons (Fsp3) is 0.316. The van der Waals surface area contributed by atoms with Gasteiger partial charge in [0.1, 0.15) is 0 Å². The molecule has 5 nitrogen and oxygen atoms in total. The summed E-state index contributed by atoms with van der Waals surface area (Å²) in [6.45, 7) is 6.79. The Labute approximate surface area is 152 Å². The van der Waals surface area contributed by atoms with Crippen molar-refractivity contribution in [3.05, 3.63) is 69.5 Å². The molecule has 0 atom stereocenters. The summed E-state index contributed by atoms with van der Waals surface area (Å²) in [5, 5.41) is 8.54. The summed E-state index contributed by atoms with van der Waals surface area (Å²) >= 11 is 5.60. The topological polar surface area (TPSA) is 38.9 Å². The van der Waals surface area contributed by atoms with E-state index in [9.17, 15) is 0 Å². The SMILES string of the molecule is Cc1ccc(-n2nnn(CN3CCc4ccccc4C3)c2=S)cc1C. The molecular weight excluding hydrogens is 330 g/mol. The summed E-state index contributed by atoms with van der Waals surface area (Å²) < 4.78 is 4.17. The Balaban J connectivity index is 1.56. The zero-order valence-electron chi connectivity index (χ0n) is 14.5. The minimum atomic E-state index is 0.627. The Bertz CT molecular complexity index is 972. The number of rotatable bonds is 3. The van der Waals surface area contributed by atoms with Crippen molar-refractivity contribution in [3.63, 3.8) is 0 Å². The number of benzene rings is 2. The molecule has 25 heavy (non-hydrogen) atoms. The zero-order valence-corrected chi connectivity index (χ0v) is 15.3. The van der Waals surface area contributed by atoms with Crippen LogP contribution in [-0.2, 0) is 19.6 Å². The Morgan fingerprint density at radius 3 is 2.60 bits per heavy atom. The second kappa shape index (κ2) is 6.54. The van der Waals surface area contributed by atoms with E-state index >= 15 is 0 Å². The number of hydrogen-bond acceptors (Lipinski definition) is 4. The highest BCUT2D eigenvalue weighted by Crippen LogP contribution is 2.19. The van der Waals surface area contributed by atoms with Crippen molar-refractivity contribution < 1.29 is 0 Å². The van der Waals surface area contributed by atoms with E-state index in [0.29, 0.717) is 11.4 Å². The summed E-state index contributed by atoms with van der Waals surface area (Å²) in [4.78, 5) is 2.36. The molecule has 0 saturated heterocycles. The molecule has 3 aromatic rings. The van der Waals surface area contributed by atoms with Gasteiger partial charge in [-0.25, -0.2) is 4.68 Å². The lowest BCUT2D eigenvalue weighted by atomic mass is 10.0. The van der Waals surface area contributed by atoms with Gasteiger partial charge in [0, 0.05) is 13.1 Å². The number of aryl methyl sites for hydroxylation is 2. The van der Waals surface area contributed by atoms with E-state index in [2.05, 4.69) is 65.6 Å². The van der Waals surface area contributed by atoms with Crippen molar-refractivity contribution in [3.8, 4) is 5.69 Å². The fourth-order valence-electron chi connectivity index (χ4n) is 3.25. The molecule has 1 aliphatic rings. The van der Waals surface area contributed by atoms with Gasteiger partial charge in [-0.2, -0.15) is 4.68 Å². The van der Waals surface area contributed by atoms with E-state index in [0.717, 1.165) is 25.2 Å². The molecule has 1 aromatic heterocycles. The van der Waals surface area contributed by atoms with Gasteiger partial charge in [0.25, 0.3) is 0 Å². The van der Waals surface area contributed by atoms with Gasteiger partial charge in [-0.1, -0.05) is 30.3 Å². The Morgan fingerprint density at radius 1 is 1.00 bits per heavy atom. The van der Waals surface area contributed by atoms with Crippen LogP contribution in [0.1, 0.15) is 22.3 Å². The first-order valence-corrected chi connectivity index (χ1v) is 8.92. The third-order valence-corrected chi connectivity index (χ3v) is 5.30. The summed E-state index contributed by atoms with van der Waals surface area (Å²) in [6.07, 6.45) is 1.06. The van der Waals surface area contributed by atoms with Crippen molar-refractivity contribution in [1.82, 2.24) is 24.7 Å². The number of tetrazole rings is 1. The third kappa shape index (κ3) is 3.15. The van der Waals surface area contributed by atoms with Crippen molar-refractivity contribution >= 4 is 12.2 Å². The van der Waals surface area contributed by atoms with Gasteiger partial charge in [0.15, 0.2) is 0 Å². The van der Waals surface area contributed by atoms with Gasteiger partial charge in [-0.3, -0.25) is 4.90 Å². The van der Waals surface area contributed by atoms with Gasteiger partial charge < -0.3 is 0 Å². The lowest BCUT2D eigenvalue weighted by molar-refractivity contribution is 0.186. The fourth-order valence-corrected chi connectivity index (χ4v) is 3.48. The van der Waals surface area contributed by atoms with E-state index in [4.69, 9.17) is 12.2 Å². The summed E-state index contributed by atoms with van der Waals surface area (Å²) in [6, 6.07) is 14.9. The molecule has 0 saturated carbocycles. The van der Waals surface area contributed by atoms with E-state index in [-0.39, 0.29) is 0 Å². The van der Waals surface area contributed by atoms with E-state index in [1.807, 2.05) is 6.07 Å². The quantitative estimate of drug-likeness (QED) is 0.678. The highest BCUT2D eigenvalue weighted by atomic mass is 32.1. The predicted molar refractivity (Wildman–Crippen MR) is 100 cm³/mol. The molecule has 0 fully saturated rings. The molecule has 0 aliphatic carbocycles. The lowest BCUT2D eigenvalue weighted by Crippen LogP contribution is -2.32. The summed E-state index contributed by atoms with van der Waals surface area (Å²) in [5.41, 5.74) is 6.28. The van der Waals surface area contributed by atoms with Crippen LogP contribution >= 0.6 is 12.2 Å². The maximum atomic E-state index is 5.60. The molecule has 0 bridgehead atoms. The average molecular weight is 351 g/mol. The molecule has 0 radical (unpaired) electrons. The van der Waals surface area contributed by atoms with Crippen LogP contribution in [0.2, 0.25) is 0 Å². The van der Waals surface area contributed by atoms with Crippen molar-refractivity contribution in [2.24, 2.45) is 0 Å². The van der Waals surface area contributed by atoms with Crippen LogP contribution in [0, 0.1) is 18.6 Å². The normalized spacial score (nSPS) is 14.5. The van der Waals surface area contributed by atoms with E-state index in [1.165, 1.54) is 22.3 Å². The highest BCUT2D eigenvalue weighted by molar-refractivity contribution is 7.71. The number of hydrogen-bond donors (Lipinski definition) is 0. The molecule has 2 heterocycles. The predicted octanol–water partition coefficient (Wildman–Crippen LogP) is 3.43. The van der Waals surface area contributed by atoms with Crippen LogP contribution in [0.4, 0.5) is 0 Å². The van der Waals surface area contributed by atoms with Gasteiger partial charge in [0.2, 0.25) is 4.77 Å². The Hall–Kier alpha value is -2.31. The number of aromatic nitrogens is 4. The molecule has 0 spiro atoms. The first kappa shape index (κ1) is 16.2. The van der Waals surface area contributed by atoms with Gasteiger partial charge in [-0.15, -0.1) is 0 Å². The number of fused-ring (bicyclic) bond motifs is 1. The second-order valence-electron chi connectivity index (χ2n) is 6.65. The maximum Gasteiger partial charge on any atom is 0.221 e. The van der Waals surface area contributed by atoms with Crippen LogP contribution in [0.15, 0.2) is 42.5 Å². The van der Waals surface area contributed by atoms with Crippen molar-refractivity contribution in [1.29, 1.82) is 0 Å². The smallest absolute Gasteiger partial charge is 0.221 e. The largest absolute Gasteiger partial charge is 0.280 e. The van der Waals surface area contributed by atoms with Crippen LogP contribution < -0.4 is 0 Å². The van der Waals surface area contributed by atoms with Crippen molar-refractivity contribution in [2.45, 2.75) is 33.5 Å². The molecule has 6 heteroatoms. The standard InChI is InChI=1S/C19H21N5S/c1-14-7-8-18(11-15(14)2)24-19(25)23(20-21-24)13-22-10-9-16-5-3-4-6-17(16)12-22/h3-8,11H,9-10,12-13H2,1-2H3. The average Bonchev–Trinajstić information content (AvgIpc) is 2.98. The number of nitrogens with zero attached hydrogens (tertiary/aromatic N) is 5. The minimum absolute atomic E-state index is 0.627. The zero-order chi connectivity index (χ0) is 17.4. The second-order valence-corrected chi connectivity index (χ2v) is 7.02. The molecule has 2 aromatic carbocycles. The first-order chi connectivity index (χ1) is 12.1. The Kier molecular flexibility index (Phi) is 4.23. The molecule has 0 unspecified atom stereocenters. The van der Waals surface area contributed by atoms with Crippen LogP contribution in [0.3, 0.4) is 0 Å². The highest BCUT2D eigenvalue weighted by Gasteiger charge is 2.17. The van der Waals surface area contributed by atoms with E-state index in [1.54, 1.807) is 9.36 Å². The van der Waals surface area contributed by atoms with Gasteiger partial charge in [0.05, 0.1) is 12.4 Å². The molecule has 1 aliphatic heterocycles. The molecular formula is C19H21N5S. The van der Waals surface area contributed by atoms with Crippen molar-refractivity contribution in [2.75, 3.05) is 6.54 Å². The molecule has 0 amide bonds. The maximum absolute atomic E-state index is 5.60. The summed E-state index contributed by atoms with van der Waals surface area (Å²) in [5.74, 6) is 0. The Morgan fingerprint density at radius 2 is 1.80 bits per heavy atom. The first-order valence-electron chi connectivity index (χ1n) is 8.51. The van der Waals surface area contributed by atoms with Crippen LogP contribution in [0.5, 0.6) is 0 Å². The lowest BCUT2D eigenvalue weighted by Gasteiger charge is -2.28. The van der Waals surface area contributed by atoms with Crippen LogP contribution in [-0.4, -0.2) is 31.2 Å². The molecule has 128 valence electrons. The molecule has 0 N–H and O–H groups in total. The van der Waals surface area contributed by atoms with Gasteiger partial charge in [-0.05, 0) is 77.3 Å². The monoisotopic (exact) mass is 351 g/mol. The summed E-state index contributed by atoms with van der Waals surface area (Å²) in [7, 11) is 0. The minimum Gasteiger partial charge on any atom is -0.280 e.